The highest BCUT2D eigenvalue weighted by Gasteiger charge is 2.44. The van der Waals surface area contributed by atoms with E-state index in [4.69, 9.17) is 21.1 Å². The minimum absolute atomic E-state index is 0.109. The van der Waals surface area contributed by atoms with Crippen molar-refractivity contribution in [2.75, 3.05) is 47.9 Å². The number of carbonyl (C=O) groups excluding carboxylic acids is 1. The second kappa shape index (κ2) is 14.7. The molecule has 1 amide bonds. The average molecular weight is 712 g/mol. The molecule has 0 unspecified atom stereocenters. The molecule has 274 valence electrons. The smallest absolute Gasteiger partial charge is 0.318 e. The van der Waals surface area contributed by atoms with Gasteiger partial charge in [-0.1, -0.05) is 31.4 Å². The lowest BCUT2D eigenvalue weighted by molar-refractivity contribution is -0.116. The first-order valence-electron chi connectivity index (χ1n) is 18.3. The molecule has 0 bridgehead atoms. The zero-order valence-electron chi connectivity index (χ0n) is 29.7. The minimum atomic E-state index is -1.02. The largest absolute Gasteiger partial charge is 0.461 e. The molecule has 1 saturated heterocycles. The molecule has 4 atom stereocenters. The lowest BCUT2D eigenvalue weighted by Crippen LogP contribution is -2.48. The average Bonchev–Trinajstić information content (AvgIpc) is 3.75. The van der Waals surface area contributed by atoms with Gasteiger partial charge in [0, 0.05) is 80.5 Å². The zero-order valence-corrected chi connectivity index (χ0v) is 29.7. The summed E-state index contributed by atoms with van der Waals surface area (Å²) in [6.45, 7) is 7.45. The number of halogens is 2. The summed E-state index contributed by atoms with van der Waals surface area (Å²) in [6.07, 6.45) is 15.5. The van der Waals surface area contributed by atoms with E-state index in [0.717, 1.165) is 54.6 Å². The Balaban J connectivity index is 1.19. The number of hydrogen-bond acceptors (Lipinski definition) is 9. The van der Waals surface area contributed by atoms with E-state index in [9.17, 15) is 18.7 Å². The van der Waals surface area contributed by atoms with Crippen LogP contribution in [-0.4, -0.2) is 82.6 Å². The number of rotatable bonds is 11. The van der Waals surface area contributed by atoms with Gasteiger partial charge in [0.2, 0.25) is 5.91 Å². The van der Waals surface area contributed by atoms with Crippen molar-refractivity contribution in [1.82, 2.24) is 20.3 Å². The lowest BCUT2D eigenvalue weighted by Gasteiger charge is -2.42. The summed E-state index contributed by atoms with van der Waals surface area (Å²) in [6, 6.07) is 6.92. The number of benzene rings is 1. The molecule has 2 aliphatic carbocycles. The number of nitrogens with one attached hydrogen (secondary N) is 2. The third-order valence-electron chi connectivity index (χ3n) is 11.5. The van der Waals surface area contributed by atoms with E-state index in [-0.39, 0.29) is 48.5 Å². The number of hydrogen-bond donors (Lipinski definition) is 3. The number of ether oxygens (including phenoxy) is 1. The third kappa shape index (κ3) is 7.16. The van der Waals surface area contributed by atoms with E-state index in [0.29, 0.717) is 50.4 Å². The number of fused-ring (bicyclic) bond motifs is 2. The molecule has 4 aliphatic rings. The second-order valence-corrected chi connectivity index (χ2v) is 15.1. The first-order valence-corrected chi connectivity index (χ1v) is 18.3. The summed E-state index contributed by atoms with van der Waals surface area (Å²) in [4.78, 5) is 30.2. The summed E-state index contributed by atoms with van der Waals surface area (Å²) in [5.74, 6) is 2.59. The molecule has 1 aromatic carbocycles. The van der Waals surface area contributed by atoms with Crippen LogP contribution in [0.3, 0.4) is 0 Å². The van der Waals surface area contributed by atoms with Crippen LogP contribution in [0.4, 0.5) is 26.0 Å². The van der Waals surface area contributed by atoms with E-state index in [2.05, 4.69) is 33.0 Å². The Morgan fingerprint density at radius 3 is 2.71 bits per heavy atom. The minimum Gasteiger partial charge on any atom is -0.461 e. The Bertz CT molecular complexity index is 1850. The number of aliphatic hydroxyl groups is 1. The van der Waals surface area contributed by atoms with Gasteiger partial charge in [0.15, 0.2) is 0 Å². The summed E-state index contributed by atoms with van der Waals surface area (Å²) < 4.78 is 36.4. The van der Waals surface area contributed by atoms with Crippen molar-refractivity contribution < 1.29 is 23.4 Å². The van der Waals surface area contributed by atoms with Crippen LogP contribution in [0, 0.1) is 23.6 Å². The molecule has 2 aromatic heterocycles. The number of anilines is 3. The predicted octanol–water partition coefficient (Wildman–Crippen LogP) is 4.93. The fraction of sp³-hybridized carbons (Fsp3) is 0.500. The highest BCUT2D eigenvalue weighted by atomic mass is 19.1. The van der Waals surface area contributed by atoms with Crippen LogP contribution in [0.25, 0.3) is 0 Å². The van der Waals surface area contributed by atoms with Crippen molar-refractivity contribution in [2.24, 2.45) is 5.41 Å². The zero-order chi connectivity index (χ0) is 36.5. The van der Waals surface area contributed by atoms with Crippen LogP contribution in [-0.2, 0) is 24.1 Å². The molecular formula is C40H47F2N7O3. The quantitative estimate of drug-likeness (QED) is 0.188. The highest BCUT2D eigenvalue weighted by Crippen LogP contribution is 2.41. The van der Waals surface area contributed by atoms with Gasteiger partial charge >= 0.3 is 6.01 Å². The molecule has 0 radical (unpaired) electrons. The molecule has 2 aliphatic heterocycles. The molecule has 1 saturated carbocycles. The van der Waals surface area contributed by atoms with Gasteiger partial charge < -0.3 is 30.3 Å². The van der Waals surface area contributed by atoms with E-state index >= 15 is 0 Å². The number of amides is 1. The summed E-state index contributed by atoms with van der Waals surface area (Å²) in [7, 11) is 0. The number of aliphatic hydroxyl groups excluding tert-OH is 1. The fourth-order valence-electron chi connectivity index (χ4n) is 8.79. The van der Waals surface area contributed by atoms with E-state index < -0.39 is 23.6 Å². The number of pyridine rings is 1. The van der Waals surface area contributed by atoms with Gasteiger partial charge in [-0.25, -0.2) is 8.78 Å². The van der Waals surface area contributed by atoms with Crippen LogP contribution in [0.5, 0.6) is 6.01 Å². The molecular weight excluding hydrogens is 664 g/mol. The van der Waals surface area contributed by atoms with Crippen LogP contribution in [0.2, 0.25) is 0 Å². The maximum atomic E-state index is 15.0. The monoisotopic (exact) mass is 711 g/mol. The van der Waals surface area contributed by atoms with Crippen LogP contribution in [0.15, 0.2) is 49.3 Å². The molecule has 2 fully saturated rings. The summed E-state index contributed by atoms with van der Waals surface area (Å²) in [5.41, 5.74) is 3.56. The Morgan fingerprint density at radius 2 is 1.96 bits per heavy atom. The molecule has 12 heteroatoms. The van der Waals surface area contributed by atoms with Gasteiger partial charge in [-0.15, -0.1) is 6.42 Å². The van der Waals surface area contributed by atoms with Crippen LogP contribution in [0.1, 0.15) is 67.8 Å². The molecule has 3 N–H and O–H groups in total. The Hall–Kier alpha value is -4.76. The van der Waals surface area contributed by atoms with Crippen molar-refractivity contribution in [1.29, 1.82) is 0 Å². The Labute approximate surface area is 304 Å². The Kier molecular flexibility index (Phi) is 10.1. The topological polar surface area (TPSA) is 116 Å². The van der Waals surface area contributed by atoms with E-state index in [1.54, 1.807) is 18.5 Å². The maximum absolute atomic E-state index is 15.0. The summed E-state index contributed by atoms with van der Waals surface area (Å²) >= 11 is 0. The van der Waals surface area contributed by atoms with Gasteiger partial charge in [0.05, 0.1) is 28.6 Å². The molecule has 3 aromatic rings. The van der Waals surface area contributed by atoms with Crippen LogP contribution < -0.4 is 25.2 Å². The van der Waals surface area contributed by atoms with Crippen molar-refractivity contribution >= 4 is 23.1 Å². The fourth-order valence-corrected chi connectivity index (χ4v) is 8.79. The Morgan fingerprint density at radius 1 is 1.17 bits per heavy atom. The number of terminal acetylenes is 1. The number of alkyl halides is 1. The number of aromatic nitrogens is 3. The van der Waals surface area contributed by atoms with E-state index in [1.165, 1.54) is 12.1 Å². The normalized spacial score (nSPS) is 24.8. The SMILES string of the molecule is C#Cc1c(F)ccc2c1N([C@@H]1CCc3c(nc(OC[C@]4(C)C[C@@H](F)CN4c4ccncc4)nc3NCC3(CNC(=O)C=C)CCCC3)C1)C[C@@H](O)C2. The van der Waals surface area contributed by atoms with Crippen molar-refractivity contribution in [3.05, 3.63) is 77.5 Å². The number of carbonyl (C=O) groups is 1. The molecule has 10 nitrogen and oxygen atoms in total. The second-order valence-electron chi connectivity index (χ2n) is 15.1. The lowest BCUT2D eigenvalue weighted by atomic mass is 9.85. The summed E-state index contributed by atoms with van der Waals surface area (Å²) in [5, 5.41) is 17.5. The number of β-amino-alcohol motifs (C(OH)–C–C–N with tert-alkyl or cyclic N) is 1. The van der Waals surface area contributed by atoms with Gasteiger partial charge in [0.1, 0.15) is 24.4 Å². The van der Waals surface area contributed by atoms with Gasteiger partial charge in [-0.2, -0.15) is 9.97 Å². The third-order valence-corrected chi connectivity index (χ3v) is 11.5. The highest BCUT2D eigenvalue weighted by molar-refractivity contribution is 5.86. The maximum Gasteiger partial charge on any atom is 0.318 e. The molecule has 52 heavy (non-hydrogen) atoms. The van der Waals surface area contributed by atoms with Crippen molar-refractivity contribution in [3.8, 4) is 18.4 Å². The standard InChI is InChI=1S/C40H47F2N7O3/c1-4-31-33(42)11-8-26-18-30(50)22-48(36(26)31)29-9-10-32-34(19-29)46-38(47-37(32)45-24-40(14-6-7-15-40)23-44-35(51)5-2)52-25-39(3)20-27(41)21-49(39)28-12-16-43-17-13-28/h1,5,8,11-13,16-17,27,29-30,50H,2,6-7,9-10,14-15,18-25H2,3H3,(H,44,51)(H,45,46,47)/t27-,29-,30+,39+/m1/s1. The van der Waals surface area contributed by atoms with Gasteiger partial charge in [0.25, 0.3) is 0 Å². The first kappa shape index (κ1) is 35.6. The van der Waals surface area contributed by atoms with Gasteiger partial charge in [-0.05, 0) is 62.4 Å². The molecule has 0 spiro atoms. The van der Waals surface area contributed by atoms with Crippen LogP contribution >= 0.6 is 0 Å². The molecule has 7 rings (SSSR count). The van der Waals surface area contributed by atoms with E-state index in [1.807, 2.05) is 24.0 Å². The predicted molar refractivity (Wildman–Crippen MR) is 197 cm³/mol. The van der Waals surface area contributed by atoms with Gasteiger partial charge in [-0.3, -0.25) is 9.78 Å². The first-order chi connectivity index (χ1) is 25.1. The van der Waals surface area contributed by atoms with Crippen molar-refractivity contribution in [2.45, 2.75) is 88.6 Å². The molecule has 4 heterocycles. The number of nitrogens with zero attached hydrogens (tertiary/aromatic N) is 5. The van der Waals surface area contributed by atoms with Crippen molar-refractivity contribution in [3.63, 3.8) is 0 Å².